The van der Waals surface area contributed by atoms with Gasteiger partial charge in [0.05, 0.1) is 11.6 Å². The van der Waals surface area contributed by atoms with Gasteiger partial charge in [-0.25, -0.2) is 18.6 Å². The fourth-order valence-electron chi connectivity index (χ4n) is 4.10. The minimum absolute atomic E-state index is 0.100. The van der Waals surface area contributed by atoms with Crippen molar-refractivity contribution >= 4 is 40.6 Å². The number of piperazine rings is 1. The Kier molecular flexibility index (Phi) is 7.65. The number of benzene rings is 1. The largest absolute Gasteiger partial charge is 0.378 e. The lowest BCUT2D eigenvalue weighted by molar-refractivity contribution is 0.204. The molecular formula is C25H31F2N9O. The molecule has 3 aromatic rings. The summed E-state index contributed by atoms with van der Waals surface area (Å²) in [6, 6.07) is 3.29. The van der Waals surface area contributed by atoms with Gasteiger partial charge < -0.3 is 31.6 Å². The van der Waals surface area contributed by atoms with Crippen LogP contribution in [0.2, 0.25) is 0 Å². The number of carbonyl (C=O) groups excluding carboxylic acids is 1. The van der Waals surface area contributed by atoms with Gasteiger partial charge in [0.15, 0.2) is 17.5 Å². The molecule has 3 heterocycles. The molecule has 5 N–H and O–H groups in total. The molecule has 0 spiro atoms. The topological polar surface area (TPSA) is 136 Å². The first-order valence-corrected chi connectivity index (χ1v) is 12.2. The van der Waals surface area contributed by atoms with Gasteiger partial charge in [-0.3, -0.25) is 4.98 Å². The van der Waals surface area contributed by atoms with Crippen LogP contribution < -0.4 is 21.3 Å². The summed E-state index contributed by atoms with van der Waals surface area (Å²) >= 11 is 0. The smallest absolute Gasteiger partial charge is 0.314 e. The minimum Gasteiger partial charge on any atom is -0.378 e. The number of aromatic nitrogens is 3. The number of primary amides is 1. The molecular weight excluding hydrogens is 480 g/mol. The molecule has 0 bridgehead atoms. The third kappa shape index (κ3) is 5.68. The molecule has 0 radical (unpaired) electrons. The van der Waals surface area contributed by atoms with Gasteiger partial charge in [0.2, 0.25) is 5.95 Å². The van der Waals surface area contributed by atoms with Crippen molar-refractivity contribution in [3.8, 4) is 0 Å². The second-order valence-electron chi connectivity index (χ2n) is 9.14. The first kappa shape index (κ1) is 26.0. The van der Waals surface area contributed by atoms with Crippen LogP contribution in [0, 0.1) is 17.0 Å². The van der Waals surface area contributed by atoms with E-state index in [1.54, 1.807) is 17.2 Å². The molecule has 10 nitrogen and oxygen atoms in total. The van der Waals surface area contributed by atoms with Crippen molar-refractivity contribution in [1.82, 2.24) is 19.9 Å². The van der Waals surface area contributed by atoms with Crippen molar-refractivity contribution in [3.63, 3.8) is 0 Å². The number of nitrogens with one attached hydrogen (secondary N) is 3. The molecule has 4 rings (SSSR count). The lowest BCUT2D eigenvalue weighted by Crippen LogP contribution is -2.51. The number of hydrogen-bond acceptors (Lipinski definition) is 8. The van der Waals surface area contributed by atoms with Gasteiger partial charge >= 0.3 is 6.03 Å². The van der Waals surface area contributed by atoms with Crippen LogP contribution in [0.5, 0.6) is 0 Å². The average molecular weight is 512 g/mol. The zero-order valence-corrected chi connectivity index (χ0v) is 21.1. The molecule has 1 aliphatic heterocycles. The maximum absolute atomic E-state index is 13.8. The summed E-state index contributed by atoms with van der Waals surface area (Å²) in [6.07, 6.45) is 3.64. The number of urea groups is 1. The highest BCUT2D eigenvalue weighted by molar-refractivity contribution is 5.89. The van der Waals surface area contributed by atoms with E-state index < -0.39 is 17.7 Å². The number of halogens is 2. The first-order chi connectivity index (χ1) is 17.7. The fourth-order valence-corrected chi connectivity index (χ4v) is 4.10. The monoisotopic (exact) mass is 511 g/mol. The number of nitrogens with two attached hydrogens (primary N) is 1. The Morgan fingerprint density at radius 3 is 2.49 bits per heavy atom. The molecule has 196 valence electrons. The van der Waals surface area contributed by atoms with Crippen molar-refractivity contribution in [2.45, 2.75) is 39.3 Å². The van der Waals surface area contributed by atoms with Crippen molar-refractivity contribution in [3.05, 3.63) is 47.3 Å². The Hall–Kier alpha value is -4.09. The molecule has 1 saturated heterocycles. The van der Waals surface area contributed by atoms with E-state index in [2.05, 4.69) is 20.6 Å². The molecule has 12 heteroatoms. The fraction of sp³-hybridized carbons (Fsp3) is 0.400. The Morgan fingerprint density at radius 1 is 1.14 bits per heavy atom. The summed E-state index contributed by atoms with van der Waals surface area (Å²) < 4.78 is 27.4. The van der Waals surface area contributed by atoms with Gasteiger partial charge in [-0.1, -0.05) is 6.92 Å². The third-order valence-corrected chi connectivity index (χ3v) is 6.54. The predicted molar refractivity (Wildman–Crippen MR) is 140 cm³/mol. The molecule has 37 heavy (non-hydrogen) atoms. The van der Waals surface area contributed by atoms with Crippen LogP contribution in [0.4, 0.5) is 31.0 Å². The number of amides is 2. The lowest BCUT2D eigenvalue weighted by Gasteiger charge is -2.34. The summed E-state index contributed by atoms with van der Waals surface area (Å²) in [5, 5.41) is 15.3. The zero-order chi connectivity index (χ0) is 26.7. The van der Waals surface area contributed by atoms with Gasteiger partial charge in [0.1, 0.15) is 11.4 Å². The lowest BCUT2D eigenvalue weighted by atomic mass is 10.1. The van der Waals surface area contributed by atoms with E-state index in [1.807, 2.05) is 25.7 Å². The molecule has 0 aliphatic carbocycles. The van der Waals surface area contributed by atoms with Crippen molar-refractivity contribution in [1.29, 1.82) is 5.41 Å². The minimum atomic E-state index is -0.941. The molecule has 0 saturated carbocycles. The molecule has 2 amide bonds. The Bertz CT molecular complexity index is 1310. The standard InChI is InChI=1S/C25H31F2N9O/c1-4-14(2)31-22-21(12-28)33-25(36-7-5-35(6-8-36)24(29)37)34-23(22)32-15(3)17-9-16-10-18(26)19(27)11-20(16)30-13-17/h9-15,28,31H,4-8H2,1-3H3,(H2,29,37)(H,32,33,34)/t14-,15?/m0/s1. The highest BCUT2D eigenvalue weighted by Crippen LogP contribution is 2.31. The number of nitrogens with zero attached hydrogens (tertiary/aromatic N) is 5. The molecule has 1 aliphatic rings. The molecule has 1 unspecified atom stereocenters. The third-order valence-electron chi connectivity index (χ3n) is 6.54. The van der Waals surface area contributed by atoms with Crippen molar-refractivity contribution in [2.24, 2.45) is 5.73 Å². The quantitative estimate of drug-likeness (QED) is 0.337. The normalized spacial score (nSPS) is 15.4. The van der Waals surface area contributed by atoms with Crippen LogP contribution in [-0.4, -0.2) is 64.3 Å². The Balaban J connectivity index is 1.68. The highest BCUT2D eigenvalue weighted by atomic mass is 19.2. The molecule has 1 fully saturated rings. The van der Waals surface area contributed by atoms with E-state index >= 15 is 0 Å². The number of rotatable bonds is 8. The van der Waals surface area contributed by atoms with Gasteiger partial charge in [0.25, 0.3) is 0 Å². The van der Waals surface area contributed by atoms with Gasteiger partial charge in [-0.05, 0) is 38.0 Å². The van der Waals surface area contributed by atoms with E-state index in [0.717, 1.165) is 24.1 Å². The summed E-state index contributed by atoms with van der Waals surface area (Å²) in [4.78, 5) is 28.7. The van der Waals surface area contributed by atoms with Crippen LogP contribution >= 0.6 is 0 Å². The number of fused-ring (bicyclic) bond motifs is 1. The maximum Gasteiger partial charge on any atom is 0.314 e. The second kappa shape index (κ2) is 10.9. The molecule has 2 aromatic heterocycles. The van der Waals surface area contributed by atoms with Gasteiger partial charge in [-0.2, -0.15) is 4.98 Å². The summed E-state index contributed by atoms with van der Waals surface area (Å²) in [7, 11) is 0. The SMILES string of the molecule is CC[C@H](C)Nc1c(C=N)nc(N2CCN(C(N)=O)CC2)nc1NC(C)c1cnc2cc(F)c(F)cc2c1. The number of anilines is 3. The Labute approximate surface area is 213 Å². The summed E-state index contributed by atoms with van der Waals surface area (Å²) in [5.41, 5.74) is 7.53. The van der Waals surface area contributed by atoms with E-state index in [1.165, 1.54) is 6.21 Å². The van der Waals surface area contributed by atoms with E-state index in [-0.39, 0.29) is 12.1 Å². The van der Waals surface area contributed by atoms with E-state index in [9.17, 15) is 13.6 Å². The maximum atomic E-state index is 13.8. The Morgan fingerprint density at radius 2 is 1.84 bits per heavy atom. The highest BCUT2D eigenvalue weighted by Gasteiger charge is 2.24. The number of pyridine rings is 1. The van der Waals surface area contributed by atoms with Gasteiger partial charge in [-0.15, -0.1) is 0 Å². The zero-order valence-electron chi connectivity index (χ0n) is 21.1. The summed E-state index contributed by atoms with van der Waals surface area (Å²) in [6.45, 7) is 7.89. The van der Waals surface area contributed by atoms with Crippen LogP contribution in [0.1, 0.15) is 44.5 Å². The average Bonchev–Trinajstić information content (AvgIpc) is 2.89. The molecule has 1 aromatic carbocycles. The van der Waals surface area contributed by atoms with Crippen molar-refractivity contribution in [2.75, 3.05) is 41.7 Å². The van der Waals surface area contributed by atoms with Crippen LogP contribution in [0.3, 0.4) is 0 Å². The van der Waals surface area contributed by atoms with E-state index in [4.69, 9.17) is 16.1 Å². The van der Waals surface area contributed by atoms with Crippen LogP contribution in [0.15, 0.2) is 24.4 Å². The second-order valence-corrected chi connectivity index (χ2v) is 9.14. The molecule has 2 atom stereocenters. The van der Waals surface area contributed by atoms with Gasteiger partial charge in [0, 0.05) is 56.1 Å². The van der Waals surface area contributed by atoms with E-state index in [0.29, 0.717) is 60.2 Å². The first-order valence-electron chi connectivity index (χ1n) is 12.2. The van der Waals surface area contributed by atoms with Crippen molar-refractivity contribution < 1.29 is 13.6 Å². The summed E-state index contributed by atoms with van der Waals surface area (Å²) in [5.74, 6) is -0.941. The number of hydrogen-bond donors (Lipinski definition) is 4. The predicted octanol–water partition coefficient (Wildman–Crippen LogP) is 3.88. The number of carbonyl (C=O) groups is 1. The van der Waals surface area contributed by atoms with Crippen LogP contribution in [0.25, 0.3) is 10.9 Å². The van der Waals surface area contributed by atoms with Crippen LogP contribution in [-0.2, 0) is 0 Å².